The summed E-state index contributed by atoms with van der Waals surface area (Å²) in [5.41, 5.74) is -0.126. The monoisotopic (exact) mass is 347 g/mol. The van der Waals surface area contributed by atoms with Gasteiger partial charge in [-0.25, -0.2) is 17.2 Å². The molecular weight excluding hydrogens is 324 g/mol. The minimum atomic E-state index is -3.55. The quantitative estimate of drug-likeness (QED) is 0.824. The van der Waals surface area contributed by atoms with Crippen LogP contribution in [0.2, 0.25) is 0 Å². The molecule has 0 aromatic heterocycles. The Bertz CT molecular complexity index is 639. The number of sulfone groups is 1. The minimum absolute atomic E-state index is 0.0516. The van der Waals surface area contributed by atoms with E-state index in [0.717, 1.165) is 12.1 Å². The van der Waals surface area contributed by atoms with Gasteiger partial charge in [0.05, 0.1) is 5.25 Å². The third-order valence-electron chi connectivity index (χ3n) is 3.82. The predicted molar refractivity (Wildman–Crippen MR) is 85.8 cm³/mol. The zero-order valence-corrected chi connectivity index (χ0v) is 14.6. The van der Waals surface area contributed by atoms with Crippen molar-refractivity contribution >= 4 is 15.7 Å². The topological polar surface area (TPSA) is 63.2 Å². The molecule has 1 amide bonds. The van der Waals surface area contributed by atoms with E-state index in [1.54, 1.807) is 27.7 Å². The largest absolute Gasteiger partial charge is 0.352 e. The number of carbonyl (C=O) groups excluding carboxylic acids is 1. The molecule has 0 saturated carbocycles. The van der Waals surface area contributed by atoms with Crippen LogP contribution in [0.3, 0.4) is 0 Å². The van der Waals surface area contributed by atoms with E-state index in [1.807, 2.05) is 0 Å². The summed E-state index contributed by atoms with van der Waals surface area (Å²) < 4.78 is 51.2. The molecule has 0 aliphatic heterocycles. The number of rotatable bonds is 7. The number of hydrogen-bond donors (Lipinski definition) is 1. The van der Waals surface area contributed by atoms with E-state index >= 15 is 0 Å². The highest BCUT2D eigenvalue weighted by molar-refractivity contribution is 7.92. The smallest absolute Gasteiger partial charge is 0.235 e. The van der Waals surface area contributed by atoms with Crippen LogP contribution in [0.25, 0.3) is 0 Å². The lowest BCUT2D eigenvalue weighted by Crippen LogP contribution is -2.40. The number of halogens is 2. The van der Waals surface area contributed by atoms with Crippen molar-refractivity contribution in [2.45, 2.75) is 45.4 Å². The average Bonchev–Trinajstić information content (AvgIpc) is 2.41. The van der Waals surface area contributed by atoms with Gasteiger partial charge in [-0.1, -0.05) is 19.9 Å². The van der Waals surface area contributed by atoms with Crippen LogP contribution < -0.4 is 5.32 Å². The molecule has 1 aromatic rings. The van der Waals surface area contributed by atoms with Gasteiger partial charge in [0.2, 0.25) is 5.91 Å². The van der Waals surface area contributed by atoms with Crippen molar-refractivity contribution in [3.8, 4) is 0 Å². The molecule has 0 heterocycles. The normalized spacial score (nSPS) is 14.6. The fourth-order valence-electron chi connectivity index (χ4n) is 2.13. The van der Waals surface area contributed by atoms with Crippen LogP contribution in [0.1, 0.15) is 33.3 Å². The molecule has 7 heteroatoms. The number of carbonyl (C=O) groups is 1. The van der Waals surface area contributed by atoms with Crippen molar-refractivity contribution in [1.82, 2.24) is 5.32 Å². The third-order valence-corrected chi connectivity index (χ3v) is 6.16. The molecule has 0 spiro atoms. The fraction of sp³-hybridized carbons (Fsp3) is 0.562. The van der Waals surface area contributed by atoms with Crippen molar-refractivity contribution in [3.05, 3.63) is 35.4 Å². The highest BCUT2D eigenvalue weighted by Crippen LogP contribution is 2.15. The van der Waals surface area contributed by atoms with Crippen LogP contribution in [0.5, 0.6) is 0 Å². The Labute approximate surface area is 136 Å². The average molecular weight is 347 g/mol. The van der Waals surface area contributed by atoms with Gasteiger partial charge in [0.1, 0.15) is 17.4 Å². The van der Waals surface area contributed by atoms with Crippen molar-refractivity contribution in [3.63, 3.8) is 0 Å². The summed E-state index contributed by atoms with van der Waals surface area (Å²) in [4.78, 5) is 11.9. The fourth-order valence-corrected chi connectivity index (χ4v) is 3.67. The zero-order chi connectivity index (χ0) is 17.8. The van der Waals surface area contributed by atoms with E-state index in [-0.39, 0.29) is 17.9 Å². The third kappa shape index (κ3) is 5.57. The van der Waals surface area contributed by atoms with Gasteiger partial charge >= 0.3 is 0 Å². The van der Waals surface area contributed by atoms with Crippen molar-refractivity contribution in [1.29, 1.82) is 0 Å². The lowest BCUT2D eigenvalue weighted by Gasteiger charge is -2.18. The number of hydrogen-bond acceptors (Lipinski definition) is 3. The van der Waals surface area contributed by atoms with Crippen LogP contribution in [0.4, 0.5) is 8.78 Å². The molecule has 0 aliphatic rings. The molecule has 0 radical (unpaired) electrons. The second kappa shape index (κ2) is 7.86. The van der Waals surface area contributed by atoms with Crippen LogP contribution in [-0.2, 0) is 21.1 Å². The Morgan fingerprint density at radius 1 is 1.13 bits per heavy atom. The van der Waals surface area contributed by atoms with Gasteiger partial charge in [0, 0.05) is 11.6 Å². The minimum Gasteiger partial charge on any atom is -0.352 e. The molecule has 1 aromatic carbocycles. The second-order valence-corrected chi connectivity index (χ2v) is 8.49. The van der Waals surface area contributed by atoms with Crippen molar-refractivity contribution < 1.29 is 22.0 Å². The summed E-state index contributed by atoms with van der Waals surface area (Å²) in [7, 11) is -3.55. The summed E-state index contributed by atoms with van der Waals surface area (Å²) in [5, 5.41) is 1.85. The number of benzene rings is 1. The summed E-state index contributed by atoms with van der Waals surface area (Å²) in [6.45, 7) is 6.67. The van der Waals surface area contributed by atoms with E-state index in [4.69, 9.17) is 0 Å². The van der Waals surface area contributed by atoms with Gasteiger partial charge in [-0.3, -0.25) is 4.79 Å². The molecule has 0 saturated heterocycles. The summed E-state index contributed by atoms with van der Waals surface area (Å²) in [6.07, 6.45) is -0.0516. The van der Waals surface area contributed by atoms with E-state index < -0.39 is 44.4 Å². The summed E-state index contributed by atoms with van der Waals surface area (Å²) in [6, 6.07) is 2.96. The predicted octanol–water partition coefficient (Wildman–Crippen LogP) is 2.47. The highest BCUT2D eigenvalue weighted by atomic mass is 32.2. The van der Waals surface area contributed by atoms with Gasteiger partial charge in [-0.2, -0.15) is 0 Å². The molecule has 130 valence electrons. The van der Waals surface area contributed by atoms with Gasteiger partial charge in [-0.15, -0.1) is 0 Å². The van der Waals surface area contributed by atoms with Gasteiger partial charge in [0.25, 0.3) is 0 Å². The lowest BCUT2D eigenvalue weighted by molar-refractivity contribution is -0.119. The summed E-state index contributed by atoms with van der Waals surface area (Å²) in [5.74, 6) is -2.77. The SMILES string of the molecule is CC(C)[C@H](C)S(=O)(=O)CC(=O)N[C@@H](C)Cc1c(F)cccc1F. The maximum Gasteiger partial charge on any atom is 0.235 e. The van der Waals surface area contributed by atoms with Crippen molar-refractivity contribution in [2.75, 3.05) is 5.75 Å². The Morgan fingerprint density at radius 2 is 1.65 bits per heavy atom. The first-order valence-corrected chi connectivity index (χ1v) is 9.20. The Kier molecular flexibility index (Phi) is 6.68. The van der Waals surface area contributed by atoms with Crippen LogP contribution >= 0.6 is 0 Å². The number of amides is 1. The van der Waals surface area contributed by atoms with Gasteiger partial charge in [-0.05, 0) is 38.3 Å². The van der Waals surface area contributed by atoms with E-state index in [0.29, 0.717) is 0 Å². The molecule has 1 rings (SSSR count). The lowest BCUT2D eigenvalue weighted by atomic mass is 10.1. The zero-order valence-electron chi connectivity index (χ0n) is 13.8. The van der Waals surface area contributed by atoms with Gasteiger partial charge < -0.3 is 5.32 Å². The second-order valence-electron chi connectivity index (χ2n) is 6.13. The standard InChI is InChI=1S/C16H23F2NO3S/c1-10(2)12(4)23(21,22)9-16(20)19-11(3)8-13-14(17)6-5-7-15(13)18/h5-7,10-12H,8-9H2,1-4H3,(H,19,20)/t11-,12-/m0/s1. The van der Waals surface area contributed by atoms with E-state index in [1.165, 1.54) is 6.07 Å². The molecule has 2 atom stereocenters. The Hall–Kier alpha value is -1.50. The van der Waals surface area contributed by atoms with Crippen molar-refractivity contribution in [2.24, 2.45) is 5.92 Å². The molecule has 0 aliphatic carbocycles. The van der Waals surface area contributed by atoms with Crippen LogP contribution in [-0.4, -0.2) is 31.4 Å². The maximum atomic E-state index is 13.6. The first-order chi connectivity index (χ1) is 10.5. The molecule has 4 nitrogen and oxygen atoms in total. The van der Waals surface area contributed by atoms with Crippen LogP contribution in [0.15, 0.2) is 18.2 Å². The first kappa shape index (κ1) is 19.5. The molecule has 23 heavy (non-hydrogen) atoms. The molecule has 1 N–H and O–H groups in total. The number of nitrogens with one attached hydrogen (secondary N) is 1. The Balaban J connectivity index is 2.68. The molecule has 0 fully saturated rings. The van der Waals surface area contributed by atoms with Crippen LogP contribution in [0, 0.1) is 17.6 Å². The van der Waals surface area contributed by atoms with E-state index in [2.05, 4.69) is 5.32 Å². The molecule has 0 unspecified atom stereocenters. The highest BCUT2D eigenvalue weighted by Gasteiger charge is 2.27. The van der Waals surface area contributed by atoms with E-state index in [9.17, 15) is 22.0 Å². The molecule has 0 bridgehead atoms. The first-order valence-electron chi connectivity index (χ1n) is 7.48. The molecular formula is C16H23F2NO3S. The van der Waals surface area contributed by atoms with Gasteiger partial charge in [0.15, 0.2) is 9.84 Å². The maximum absolute atomic E-state index is 13.6. The summed E-state index contributed by atoms with van der Waals surface area (Å²) >= 11 is 0. The Morgan fingerprint density at radius 3 is 2.13 bits per heavy atom.